The minimum Gasteiger partial charge on any atom is -0.453 e. The highest BCUT2D eigenvalue weighted by Crippen LogP contribution is 2.20. The van der Waals surface area contributed by atoms with Crippen molar-refractivity contribution in [3.05, 3.63) is 29.6 Å². The average molecular weight is 281 g/mol. The summed E-state index contributed by atoms with van der Waals surface area (Å²) in [5.41, 5.74) is 5.57. The molecule has 1 aromatic rings. The number of amides is 2. The lowest BCUT2D eigenvalue weighted by Crippen LogP contribution is -2.38. The third-order valence-corrected chi connectivity index (χ3v) is 3.27. The van der Waals surface area contributed by atoms with Crippen LogP contribution in [0.5, 0.6) is 0 Å². The number of nitrogens with zero attached hydrogens (tertiary/aromatic N) is 1. The number of hydrogen-bond donors (Lipinski definition) is 2. The number of nitrogen functional groups attached to an aromatic ring is 1. The van der Waals surface area contributed by atoms with Crippen molar-refractivity contribution in [1.29, 1.82) is 0 Å². The molecule has 0 radical (unpaired) electrons. The number of benzene rings is 1. The Labute approximate surface area is 115 Å². The Morgan fingerprint density at radius 2 is 2.25 bits per heavy atom. The van der Waals surface area contributed by atoms with Crippen LogP contribution in [-0.4, -0.2) is 43.1 Å². The number of carbonyl (C=O) groups excluding carboxylic acids is 2. The van der Waals surface area contributed by atoms with E-state index >= 15 is 0 Å². The molecule has 0 bridgehead atoms. The lowest BCUT2D eigenvalue weighted by atomic mass is 10.1. The van der Waals surface area contributed by atoms with Gasteiger partial charge in [-0.1, -0.05) is 6.07 Å². The van der Waals surface area contributed by atoms with Crippen LogP contribution in [0.2, 0.25) is 0 Å². The number of anilines is 1. The Kier molecular flexibility index (Phi) is 4.07. The number of methoxy groups -OCH3 is 1. The van der Waals surface area contributed by atoms with Crippen LogP contribution in [0.15, 0.2) is 18.2 Å². The van der Waals surface area contributed by atoms with Crippen molar-refractivity contribution in [2.75, 3.05) is 25.9 Å². The number of ether oxygens (including phenoxy) is 1. The smallest absolute Gasteiger partial charge is 0.407 e. The van der Waals surface area contributed by atoms with Gasteiger partial charge < -0.3 is 20.7 Å². The number of nitrogens with one attached hydrogen (secondary N) is 1. The highest BCUT2D eigenvalue weighted by molar-refractivity contribution is 5.99. The number of hydrogen-bond acceptors (Lipinski definition) is 4. The monoisotopic (exact) mass is 281 g/mol. The van der Waals surface area contributed by atoms with Gasteiger partial charge in [-0.2, -0.15) is 0 Å². The van der Waals surface area contributed by atoms with Crippen LogP contribution in [0.4, 0.5) is 14.9 Å². The van der Waals surface area contributed by atoms with Crippen molar-refractivity contribution in [3.63, 3.8) is 0 Å². The summed E-state index contributed by atoms with van der Waals surface area (Å²) < 4.78 is 17.9. The van der Waals surface area contributed by atoms with Gasteiger partial charge in [-0.15, -0.1) is 0 Å². The molecule has 1 atom stereocenters. The first-order valence-corrected chi connectivity index (χ1v) is 6.20. The molecule has 2 amide bonds. The molecule has 108 valence electrons. The molecule has 1 unspecified atom stereocenters. The van der Waals surface area contributed by atoms with E-state index in [1.54, 1.807) is 0 Å². The maximum absolute atomic E-state index is 13.4. The number of para-hydroxylation sites is 1. The summed E-state index contributed by atoms with van der Waals surface area (Å²) in [4.78, 5) is 24.9. The van der Waals surface area contributed by atoms with Gasteiger partial charge in [0.15, 0.2) is 0 Å². The lowest BCUT2D eigenvalue weighted by molar-refractivity contribution is 0.0788. The summed E-state index contributed by atoms with van der Waals surface area (Å²) in [5.74, 6) is -0.949. The number of halogens is 1. The number of likely N-dealkylation sites (tertiary alicyclic amines) is 1. The fraction of sp³-hybridized carbons (Fsp3) is 0.385. The molecule has 0 saturated carbocycles. The molecule has 1 aliphatic rings. The Morgan fingerprint density at radius 3 is 2.95 bits per heavy atom. The SMILES string of the molecule is COC(=O)NC1CCN(C(=O)c2cccc(F)c2N)C1. The minimum absolute atomic E-state index is 0.142. The molecule has 1 aliphatic heterocycles. The van der Waals surface area contributed by atoms with Gasteiger partial charge in [0.05, 0.1) is 24.4 Å². The van der Waals surface area contributed by atoms with E-state index in [4.69, 9.17) is 5.73 Å². The van der Waals surface area contributed by atoms with Gasteiger partial charge in [0.2, 0.25) is 0 Å². The molecule has 1 heterocycles. The van der Waals surface area contributed by atoms with Gasteiger partial charge in [-0.25, -0.2) is 9.18 Å². The normalized spacial score (nSPS) is 17.9. The third kappa shape index (κ3) is 2.81. The van der Waals surface area contributed by atoms with Crippen molar-refractivity contribution in [3.8, 4) is 0 Å². The van der Waals surface area contributed by atoms with Crippen LogP contribution in [-0.2, 0) is 4.74 Å². The average Bonchev–Trinajstić information content (AvgIpc) is 2.89. The first-order chi connectivity index (χ1) is 9.52. The zero-order valence-electron chi connectivity index (χ0n) is 11.1. The van der Waals surface area contributed by atoms with E-state index in [0.717, 1.165) is 0 Å². The predicted molar refractivity (Wildman–Crippen MR) is 70.7 cm³/mol. The van der Waals surface area contributed by atoms with Crippen molar-refractivity contribution < 1.29 is 18.7 Å². The standard InChI is InChI=1S/C13H16FN3O3/c1-20-13(19)16-8-5-6-17(7-8)12(18)9-3-2-4-10(14)11(9)15/h2-4,8H,5-7,15H2,1H3,(H,16,19). The quantitative estimate of drug-likeness (QED) is 0.791. The van der Waals surface area contributed by atoms with Gasteiger partial charge >= 0.3 is 6.09 Å². The maximum Gasteiger partial charge on any atom is 0.407 e. The second-order valence-corrected chi connectivity index (χ2v) is 4.57. The molecule has 1 aromatic carbocycles. The lowest BCUT2D eigenvalue weighted by Gasteiger charge is -2.18. The Balaban J connectivity index is 2.04. The molecule has 6 nitrogen and oxygen atoms in total. The summed E-state index contributed by atoms with van der Waals surface area (Å²) in [6, 6.07) is 3.97. The molecule has 0 aromatic heterocycles. The number of carbonyl (C=O) groups is 2. The molecule has 2 rings (SSSR count). The van der Waals surface area contributed by atoms with Gasteiger partial charge in [0.25, 0.3) is 5.91 Å². The van der Waals surface area contributed by atoms with Crippen LogP contribution in [0.1, 0.15) is 16.8 Å². The summed E-state index contributed by atoms with van der Waals surface area (Å²) in [6.07, 6.45) is 0.0883. The highest BCUT2D eigenvalue weighted by Gasteiger charge is 2.29. The van der Waals surface area contributed by atoms with E-state index in [1.807, 2.05) is 0 Å². The van der Waals surface area contributed by atoms with E-state index in [9.17, 15) is 14.0 Å². The Morgan fingerprint density at radius 1 is 1.50 bits per heavy atom. The molecule has 0 spiro atoms. The van der Waals surface area contributed by atoms with Gasteiger partial charge in [-0.05, 0) is 18.6 Å². The predicted octanol–water partition coefficient (Wildman–Crippen LogP) is 0.978. The molecule has 7 heteroatoms. The topological polar surface area (TPSA) is 84.7 Å². The number of nitrogens with two attached hydrogens (primary N) is 1. The second kappa shape index (κ2) is 5.77. The molecular formula is C13H16FN3O3. The number of rotatable bonds is 2. The summed E-state index contributed by atoms with van der Waals surface area (Å²) in [7, 11) is 1.28. The fourth-order valence-corrected chi connectivity index (χ4v) is 2.18. The van der Waals surface area contributed by atoms with E-state index < -0.39 is 11.9 Å². The molecular weight excluding hydrogens is 265 g/mol. The minimum atomic E-state index is -0.612. The maximum atomic E-state index is 13.4. The Hall–Kier alpha value is -2.31. The van der Waals surface area contributed by atoms with Crippen molar-refractivity contribution in [2.24, 2.45) is 0 Å². The van der Waals surface area contributed by atoms with Crippen LogP contribution in [0.3, 0.4) is 0 Å². The first-order valence-electron chi connectivity index (χ1n) is 6.20. The summed E-state index contributed by atoms with van der Waals surface area (Å²) in [5, 5.41) is 2.63. The number of alkyl carbamates (subject to hydrolysis) is 1. The second-order valence-electron chi connectivity index (χ2n) is 4.57. The molecule has 3 N–H and O–H groups in total. The largest absolute Gasteiger partial charge is 0.453 e. The van der Waals surface area contributed by atoms with Gasteiger partial charge in [0, 0.05) is 13.1 Å². The zero-order chi connectivity index (χ0) is 14.7. The first kappa shape index (κ1) is 14.1. The third-order valence-electron chi connectivity index (χ3n) is 3.27. The van der Waals surface area contributed by atoms with Crippen LogP contribution >= 0.6 is 0 Å². The Bertz CT molecular complexity index is 536. The van der Waals surface area contributed by atoms with Crippen molar-refractivity contribution in [1.82, 2.24) is 10.2 Å². The van der Waals surface area contributed by atoms with E-state index in [0.29, 0.717) is 19.5 Å². The van der Waals surface area contributed by atoms with E-state index in [-0.39, 0.29) is 23.2 Å². The van der Waals surface area contributed by atoms with Gasteiger partial charge in [-0.3, -0.25) is 4.79 Å². The summed E-state index contributed by atoms with van der Waals surface area (Å²) >= 11 is 0. The zero-order valence-corrected chi connectivity index (χ0v) is 11.1. The van der Waals surface area contributed by atoms with E-state index in [2.05, 4.69) is 10.1 Å². The van der Waals surface area contributed by atoms with Crippen LogP contribution in [0.25, 0.3) is 0 Å². The molecule has 20 heavy (non-hydrogen) atoms. The molecule has 1 fully saturated rings. The fourth-order valence-electron chi connectivity index (χ4n) is 2.18. The van der Waals surface area contributed by atoms with Crippen LogP contribution in [0, 0.1) is 5.82 Å². The van der Waals surface area contributed by atoms with Crippen LogP contribution < -0.4 is 11.1 Å². The van der Waals surface area contributed by atoms with Crippen molar-refractivity contribution >= 4 is 17.7 Å². The van der Waals surface area contributed by atoms with Crippen molar-refractivity contribution in [2.45, 2.75) is 12.5 Å². The van der Waals surface area contributed by atoms with E-state index in [1.165, 1.54) is 30.2 Å². The highest BCUT2D eigenvalue weighted by atomic mass is 19.1. The molecule has 1 saturated heterocycles. The molecule has 0 aliphatic carbocycles. The van der Waals surface area contributed by atoms with Gasteiger partial charge in [0.1, 0.15) is 5.82 Å². The summed E-state index contributed by atoms with van der Waals surface area (Å²) in [6.45, 7) is 0.827.